The highest BCUT2D eigenvalue weighted by Crippen LogP contribution is 2.72. The van der Waals surface area contributed by atoms with E-state index in [0.29, 0.717) is 5.92 Å². The molecule has 0 spiro atoms. The van der Waals surface area contributed by atoms with Gasteiger partial charge in [-0.05, 0) is 106 Å². The normalized spacial score (nSPS) is 39.9. The molecule has 0 aromatic heterocycles. The van der Waals surface area contributed by atoms with Crippen molar-refractivity contribution in [2.45, 2.75) is 126 Å². The molecule has 2 saturated carbocycles. The number of hydrogen-bond acceptors (Lipinski definition) is 3. The number of carboxylic acids is 1. The molecule has 4 nitrogen and oxygen atoms in total. The maximum atomic E-state index is 12.5. The fourth-order valence-corrected chi connectivity index (χ4v) is 9.81. The van der Waals surface area contributed by atoms with Gasteiger partial charge in [-0.25, -0.2) is 0 Å². The number of allylic oxidation sites excluding steroid dienone is 4. The highest BCUT2D eigenvalue weighted by atomic mass is 16.5. The number of hydrogen-bond donors (Lipinski definition) is 1. The van der Waals surface area contributed by atoms with Crippen molar-refractivity contribution in [3.05, 3.63) is 22.8 Å². The maximum absolute atomic E-state index is 12.5. The van der Waals surface area contributed by atoms with Crippen molar-refractivity contribution in [1.82, 2.24) is 0 Å². The Bertz CT molecular complexity index is 969. The molecule has 4 aliphatic carbocycles. The SMILES string of the molecule is CC(=O)O[C@H]1CC[C@]2(C)C3=C(CC[C@H]2C1(C)C)[C@@]1(C)CC[C@@H]([C@H](CCC=C(C)C)C(=O)O)[C@]1(C)CC3. The fraction of sp³-hybridized carbons (Fsp3) is 0.812. The number of ether oxygens (including phenoxy) is 1. The van der Waals surface area contributed by atoms with Crippen molar-refractivity contribution in [3.8, 4) is 0 Å². The van der Waals surface area contributed by atoms with Crippen LogP contribution in [-0.2, 0) is 14.3 Å². The van der Waals surface area contributed by atoms with E-state index < -0.39 is 5.97 Å². The first kappa shape index (κ1) is 27.5. The van der Waals surface area contributed by atoms with Crippen LogP contribution in [-0.4, -0.2) is 23.1 Å². The molecule has 0 aromatic rings. The van der Waals surface area contributed by atoms with Crippen LogP contribution in [0.1, 0.15) is 120 Å². The number of carboxylic acid groups (broad SMARTS) is 1. The zero-order valence-corrected chi connectivity index (χ0v) is 24.1. The van der Waals surface area contributed by atoms with Gasteiger partial charge in [0.25, 0.3) is 0 Å². The third kappa shape index (κ3) is 4.09. The molecular formula is C32H50O4. The van der Waals surface area contributed by atoms with Crippen molar-refractivity contribution in [1.29, 1.82) is 0 Å². The molecule has 0 amide bonds. The molecule has 0 heterocycles. The van der Waals surface area contributed by atoms with Gasteiger partial charge in [-0.2, -0.15) is 0 Å². The number of carbonyl (C=O) groups excluding carboxylic acids is 1. The number of carbonyl (C=O) groups is 2. The predicted octanol–water partition coefficient (Wildman–Crippen LogP) is 8.11. The topological polar surface area (TPSA) is 63.6 Å². The van der Waals surface area contributed by atoms with Crippen molar-refractivity contribution in [2.24, 2.45) is 39.4 Å². The van der Waals surface area contributed by atoms with Crippen LogP contribution in [0.5, 0.6) is 0 Å². The molecule has 202 valence electrons. The largest absolute Gasteiger partial charge is 0.481 e. The van der Waals surface area contributed by atoms with E-state index in [0.717, 1.165) is 64.2 Å². The third-order valence-electron chi connectivity index (χ3n) is 11.9. The second-order valence-corrected chi connectivity index (χ2v) is 14.1. The smallest absolute Gasteiger partial charge is 0.306 e. The Kier molecular flexibility index (Phi) is 7.10. The van der Waals surface area contributed by atoms with Gasteiger partial charge in [-0.3, -0.25) is 9.59 Å². The van der Waals surface area contributed by atoms with Crippen molar-refractivity contribution >= 4 is 11.9 Å². The summed E-state index contributed by atoms with van der Waals surface area (Å²) in [6, 6.07) is 0. The highest BCUT2D eigenvalue weighted by molar-refractivity contribution is 5.70. The van der Waals surface area contributed by atoms with Crippen LogP contribution >= 0.6 is 0 Å². The number of aliphatic carboxylic acids is 1. The van der Waals surface area contributed by atoms with Gasteiger partial charge in [0.05, 0.1) is 5.92 Å². The summed E-state index contributed by atoms with van der Waals surface area (Å²) in [4.78, 5) is 24.3. The van der Waals surface area contributed by atoms with Crippen LogP contribution in [0.4, 0.5) is 0 Å². The number of rotatable bonds is 6. The minimum Gasteiger partial charge on any atom is -0.481 e. The Labute approximate surface area is 219 Å². The van der Waals surface area contributed by atoms with E-state index in [1.807, 2.05) is 0 Å². The van der Waals surface area contributed by atoms with Gasteiger partial charge in [0.1, 0.15) is 6.10 Å². The molecule has 0 aliphatic heterocycles. The van der Waals surface area contributed by atoms with E-state index >= 15 is 0 Å². The monoisotopic (exact) mass is 498 g/mol. The summed E-state index contributed by atoms with van der Waals surface area (Å²) in [6.45, 7) is 17.8. The van der Waals surface area contributed by atoms with Crippen LogP contribution in [0.15, 0.2) is 22.8 Å². The molecule has 1 N–H and O–H groups in total. The summed E-state index contributed by atoms with van der Waals surface area (Å²) in [5.74, 6) is -0.291. The molecule has 7 atom stereocenters. The van der Waals surface area contributed by atoms with Crippen molar-refractivity contribution in [3.63, 3.8) is 0 Å². The quantitative estimate of drug-likeness (QED) is 0.297. The van der Waals surface area contributed by atoms with E-state index in [9.17, 15) is 14.7 Å². The number of fused-ring (bicyclic) bond motifs is 4. The van der Waals surface area contributed by atoms with Gasteiger partial charge in [0.2, 0.25) is 0 Å². The second kappa shape index (κ2) is 9.31. The number of esters is 1. The lowest BCUT2D eigenvalue weighted by Gasteiger charge is -2.62. The molecule has 0 bridgehead atoms. The predicted molar refractivity (Wildman–Crippen MR) is 144 cm³/mol. The summed E-state index contributed by atoms with van der Waals surface area (Å²) in [7, 11) is 0. The molecule has 0 radical (unpaired) electrons. The van der Waals surface area contributed by atoms with Crippen LogP contribution in [0.2, 0.25) is 0 Å². The molecule has 2 fully saturated rings. The third-order valence-corrected chi connectivity index (χ3v) is 11.9. The maximum Gasteiger partial charge on any atom is 0.306 e. The van der Waals surface area contributed by atoms with E-state index in [1.54, 1.807) is 11.1 Å². The van der Waals surface area contributed by atoms with Gasteiger partial charge >= 0.3 is 11.9 Å². The van der Waals surface area contributed by atoms with Crippen molar-refractivity contribution in [2.75, 3.05) is 0 Å². The minimum absolute atomic E-state index is 0.00680. The van der Waals surface area contributed by atoms with Gasteiger partial charge < -0.3 is 9.84 Å². The zero-order chi connectivity index (χ0) is 26.7. The van der Waals surface area contributed by atoms with Gasteiger partial charge in [-0.15, -0.1) is 0 Å². The molecular weight excluding hydrogens is 448 g/mol. The Morgan fingerprint density at radius 2 is 1.67 bits per heavy atom. The van der Waals surface area contributed by atoms with E-state index in [2.05, 4.69) is 54.5 Å². The molecule has 0 unspecified atom stereocenters. The lowest BCUT2D eigenvalue weighted by molar-refractivity contribution is -0.167. The summed E-state index contributed by atoms with van der Waals surface area (Å²) in [5, 5.41) is 10.3. The average molecular weight is 499 g/mol. The highest BCUT2D eigenvalue weighted by Gasteiger charge is 2.64. The first-order valence-electron chi connectivity index (χ1n) is 14.4. The molecule has 36 heavy (non-hydrogen) atoms. The van der Waals surface area contributed by atoms with Crippen LogP contribution < -0.4 is 0 Å². The Morgan fingerprint density at radius 3 is 2.28 bits per heavy atom. The summed E-state index contributed by atoms with van der Waals surface area (Å²) in [5.41, 5.74) is 4.85. The molecule has 4 heteroatoms. The zero-order valence-electron chi connectivity index (χ0n) is 24.1. The summed E-state index contributed by atoms with van der Waals surface area (Å²) < 4.78 is 5.84. The van der Waals surface area contributed by atoms with Gasteiger partial charge in [0.15, 0.2) is 0 Å². The summed E-state index contributed by atoms with van der Waals surface area (Å²) in [6.07, 6.45) is 12.4. The second-order valence-electron chi connectivity index (χ2n) is 14.1. The standard InChI is InChI=1S/C32H50O4/c1-20(2)10-9-11-22(28(34)35)23-14-18-32(8)25-12-13-26-29(4,5)27(36-21(3)33)16-17-30(26,6)24(25)15-19-31(23,32)7/h10,22-23,26-27H,9,11-19H2,1-8H3,(H,34,35)/t22-,23-,26-,27-,30+,31-,32+/m0/s1. The molecule has 4 rings (SSSR count). The van der Waals surface area contributed by atoms with Crippen LogP contribution in [0, 0.1) is 39.4 Å². The first-order chi connectivity index (χ1) is 16.7. The average Bonchev–Trinajstić information content (AvgIpc) is 3.04. The van der Waals surface area contributed by atoms with E-state index in [4.69, 9.17) is 4.74 Å². The van der Waals surface area contributed by atoms with Gasteiger partial charge in [0, 0.05) is 12.3 Å². The Balaban J connectivity index is 1.67. The van der Waals surface area contributed by atoms with Crippen molar-refractivity contribution < 1.29 is 19.4 Å². The van der Waals surface area contributed by atoms with Gasteiger partial charge in [-0.1, -0.05) is 57.4 Å². The van der Waals surface area contributed by atoms with Crippen LogP contribution in [0.25, 0.3) is 0 Å². The molecule has 4 aliphatic rings. The Hall–Kier alpha value is -1.58. The first-order valence-corrected chi connectivity index (χ1v) is 14.4. The van der Waals surface area contributed by atoms with E-state index in [1.165, 1.54) is 12.5 Å². The summed E-state index contributed by atoms with van der Waals surface area (Å²) >= 11 is 0. The molecule has 0 saturated heterocycles. The lowest BCUT2D eigenvalue weighted by atomic mass is 9.43. The Morgan fingerprint density at radius 1 is 0.972 bits per heavy atom. The van der Waals surface area contributed by atoms with E-state index in [-0.39, 0.29) is 45.6 Å². The fourth-order valence-electron chi connectivity index (χ4n) is 9.81. The van der Waals surface area contributed by atoms with Crippen LogP contribution in [0.3, 0.4) is 0 Å². The molecule has 0 aromatic carbocycles. The minimum atomic E-state index is -0.603. The lowest BCUT2D eigenvalue weighted by Crippen LogP contribution is -2.56.